The Morgan fingerprint density at radius 3 is 2.68 bits per heavy atom. The fourth-order valence-corrected chi connectivity index (χ4v) is 7.10. The highest BCUT2D eigenvalue weighted by molar-refractivity contribution is 5.98. The van der Waals surface area contributed by atoms with Gasteiger partial charge >= 0.3 is 0 Å². The van der Waals surface area contributed by atoms with Gasteiger partial charge in [-0.2, -0.15) is 0 Å². The van der Waals surface area contributed by atoms with Crippen LogP contribution in [0.1, 0.15) is 62.0 Å². The zero-order valence-electron chi connectivity index (χ0n) is 18.7. The van der Waals surface area contributed by atoms with Crippen molar-refractivity contribution in [3.05, 3.63) is 47.5 Å². The van der Waals surface area contributed by atoms with Crippen LogP contribution in [0.3, 0.4) is 0 Å². The molecule has 3 fully saturated rings. The largest absolute Gasteiger partial charge is 0.375 e. The molecule has 1 saturated carbocycles. The first-order chi connectivity index (χ1) is 15.2. The number of hydrogen-bond acceptors (Lipinski definition) is 3. The third kappa shape index (κ3) is 3.22. The Kier molecular flexibility index (Phi) is 4.84. The second kappa shape index (κ2) is 7.60. The predicted octanol–water partition coefficient (Wildman–Crippen LogP) is 4.50. The van der Waals surface area contributed by atoms with Crippen LogP contribution in [0.5, 0.6) is 0 Å². The van der Waals surface area contributed by atoms with Crippen LogP contribution >= 0.6 is 0 Å². The molecule has 6 rings (SSSR count). The minimum absolute atomic E-state index is 0.0380. The van der Waals surface area contributed by atoms with Crippen LogP contribution in [-0.4, -0.2) is 60.1 Å². The maximum atomic E-state index is 13.9. The summed E-state index contributed by atoms with van der Waals surface area (Å²) < 4.78 is 6.31. The minimum Gasteiger partial charge on any atom is -0.375 e. The van der Waals surface area contributed by atoms with Gasteiger partial charge in [0, 0.05) is 25.7 Å². The molecule has 0 N–H and O–H groups in total. The predicted molar refractivity (Wildman–Crippen MR) is 123 cm³/mol. The van der Waals surface area contributed by atoms with E-state index in [1.165, 1.54) is 60.7 Å². The monoisotopic (exact) mass is 418 g/mol. The number of ether oxygens (including phenoxy) is 1. The molecular weight excluding hydrogens is 384 g/mol. The van der Waals surface area contributed by atoms with Gasteiger partial charge in [-0.15, -0.1) is 0 Å². The molecule has 4 aliphatic rings. The number of hydrogen-bond donors (Lipinski definition) is 0. The molecule has 1 unspecified atom stereocenters. The van der Waals surface area contributed by atoms with Gasteiger partial charge in [-0.3, -0.25) is 9.69 Å². The molecule has 2 aromatic carbocycles. The van der Waals surface area contributed by atoms with Crippen molar-refractivity contribution in [3.8, 4) is 0 Å². The Hall–Kier alpha value is -1.91. The van der Waals surface area contributed by atoms with Gasteiger partial charge in [0.1, 0.15) is 0 Å². The van der Waals surface area contributed by atoms with Crippen molar-refractivity contribution >= 4 is 16.7 Å². The van der Waals surface area contributed by atoms with Crippen LogP contribution in [0.4, 0.5) is 0 Å². The molecule has 31 heavy (non-hydrogen) atoms. The molecule has 164 valence electrons. The molecule has 4 nitrogen and oxygen atoms in total. The fraction of sp³-hybridized carbons (Fsp3) is 0.593. The Morgan fingerprint density at radius 2 is 1.90 bits per heavy atom. The van der Waals surface area contributed by atoms with E-state index in [-0.39, 0.29) is 11.5 Å². The summed E-state index contributed by atoms with van der Waals surface area (Å²) in [7, 11) is 2.08. The summed E-state index contributed by atoms with van der Waals surface area (Å²) in [5, 5.41) is 2.58. The molecule has 2 aliphatic heterocycles. The van der Waals surface area contributed by atoms with E-state index in [1.54, 1.807) is 0 Å². The third-order valence-electron chi connectivity index (χ3n) is 8.68. The van der Waals surface area contributed by atoms with Crippen molar-refractivity contribution in [2.24, 2.45) is 0 Å². The molecule has 1 amide bonds. The average Bonchev–Trinajstić information content (AvgIpc) is 3.55. The molecule has 1 spiro atoms. The average molecular weight is 419 g/mol. The van der Waals surface area contributed by atoms with Crippen LogP contribution in [0.15, 0.2) is 36.4 Å². The van der Waals surface area contributed by atoms with Crippen LogP contribution in [0, 0.1) is 0 Å². The number of likely N-dealkylation sites (tertiary alicyclic amines) is 1. The van der Waals surface area contributed by atoms with Crippen molar-refractivity contribution in [2.75, 3.05) is 26.7 Å². The van der Waals surface area contributed by atoms with E-state index < -0.39 is 0 Å². The van der Waals surface area contributed by atoms with E-state index in [0.717, 1.165) is 32.3 Å². The quantitative estimate of drug-likeness (QED) is 0.736. The maximum Gasteiger partial charge on any atom is 0.230 e. The molecule has 2 aliphatic carbocycles. The summed E-state index contributed by atoms with van der Waals surface area (Å²) >= 11 is 0. The third-order valence-corrected chi connectivity index (χ3v) is 8.68. The number of amides is 1. The lowest BCUT2D eigenvalue weighted by molar-refractivity contribution is -0.139. The summed E-state index contributed by atoms with van der Waals surface area (Å²) in [6, 6.07) is 13.7. The topological polar surface area (TPSA) is 32.8 Å². The highest BCUT2D eigenvalue weighted by atomic mass is 16.5. The van der Waals surface area contributed by atoms with Crippen LogP contribution in [0.25, 0.3) is 10.8 Å². The Morgan fingerprint density at radius 1 is 1.10 bits per heavy atom. The summed E-state index contributed by atoms with van der Waals surface area (Å²) in [6.07, 6.45) is 9.05. The number of nitrogens with zero attached hydrogens (tertiary/aromatic N) is 2. The molecule has 0 radical (unpaired) electrons. The van der Waals surface area contributed by atoms with E-state index in [0.29, 0.717) is 18.0 Å². The summed E-state index contributed by atoms with van der Waals surface area (Å²) in [4.78, 5) is 18.7. The molecule has 2 aromatic rings. The van der Waals surface area contributed by atoms with E-state index in [4.69, 9.17) is 4.74 Å². The molecule has 2 heterocycles. The number of likely N-dealkylation sites (N-methyl/N-ethyl adjacent to an activating group) is 1. The molecule has 0 bridgehead atoms. The van der Waals surface area contributed by atoms with Gasteiger partial charge < -0.3 is 9.64 Å². The van der Waals surface area contributed by atoms with Gasteiger partial charge in [-0.05, 0) is 86.4 Å². The number of carbonyl (C=O) groups excluding carboxylic acids is 1. The fourth-order valence-electron chi connectivity index (χ4n) is 7.10. The first kappa shape index (κ1) is 19.8. The Labute approximate surface area is 185 Å². The van der Waals surface area contributed by atoms with Crippen molar-refractivity contribution in [2.45, 2.75) is 75.0 Å². The minimum atomic E-state index is -0.0380. The van der Waals surface area contributed by atoms with E-state index in [1.807, 2.05) is 0 Å². The standard InChI is InChI=1S/C27H34N2O2/c1-28(26(30)22-17-20-9-4-7-19-8-5-10-21(22)25(19)20)23-11-13-27(12-6-16-31-27)18-24(23)29-14-2-3-15-29/h4-5,7-10,22-24H,2-3,6,11-18H2,1H3/t22?,23-,24-,27-/m0/s1. The van der Waals surface area contributed by atoms with Crippen molar-refractivity contribution in [1.82, 2.24) is 9.80 Å². The summed E-state index contributed by atoms with van der Waals surface area (Å²) in [5.74, 6) is 0.269. The Bertz CT molecular complexity index is 985. The molecular formula is C27H34N2O2. The highest BCUT2D eigenvalue weighted by Gasteiger charge is 2.48. The number of carbonyl (C=O) groups is 1. The molecule has 4 heteroatoms. The molecule has 0 aromatic heterocycles. The zero-order valence-corrected chi connectivity index (χ0v) is 18.7. The van der Waals surface area contributed by atoms with E-state index >= 15 is 0 Å². The summed E-state index contributed by atoms with van der Waals surface area (Å²) in [6.45, 7) is 3.26. The molecule has 4 atom stereocenters. The van der Waals surface area contributed by atoms with Crippen molar-refractivity contribution in [3.63, 3.8) is 0 Å². The second-order valence-corrected chi connectivity index (χ2v) is 10.3. The summed E-state index contributed by atoms with van der Waals surface area (Å²) in [5.41, 5.74) is 2.63. The number of rotatable bonds is 3. The smallest absolute Gasteiger partial charge is 0.230 e. The van der Waals surface area contributed by atoms with Crippen molar-refractivity contribution in [1.29, 1.82) is 0 Å². The maximum absolute atomic E-state index is 13.9. The SMILES string of the molecule is CN(C(=O)C1Cc2cccc3cccc1c23)[C@H]1CC[C@@]2(CCCO2)C[C@@H]1N1CCCC1. The van der Waals surface area contributed by atoms with E-state index in [9.17, 15) is 4.79 Å². The lowest BCUT2D eigenvalue weighted by atomic mass is 9.76. The van der Waals surface area contributed by atoms with Gasteiger partial charge in [0.2, 0.25) is 5.91 Å². The van der Waals surface area contributed by atoms with E-state index in [2.05, 4.69) is 53.2 Å². The molecule has 2 saturated heterocycles. The van der Waals surface area contributed by atoms with Gasteiger partial charge in [0.15, 0.2) is 0 Å². The van der Waals surface area contributed by atoms with Crippen LogP contribution < -0.4 is 0 Å². The van der Waals surface area contributed by atoms with Crippen LogP contribution in [-0.2, 0) is 16.0 Å². The first-order valence-corrected chi connectivity index (χ1v) is 12.3. The highest BCUT2D eigenvalue weighted by Crippen LogP contribution is 2.44. The normalized spacial score (nSPS) is 32.9. The lowest BCUT2D eigenvalue weighted by Crippen LogP contribution is -2.58. The second-order valence-electron chi connectivity index (χ2n) is 10.3. The zero-order chi connectivity index (χ0) is 21.0. The van der Waals surface area contributed by atoms with Gasteiger partial charge in [-0.25, -0.2) is 0 Å². The first-order valence-electron chi connectivity index (χ1n) is 12.3. The van der Waals surface area contributed by atoms with Crippen LogP contribution in [0.2, 0.25) is 0 Å². The van der Waals surface area contributed by atoms with Crippen molar-refractivity contribution < 1.29 is 9.53 Å². The van der Waals surface area contributed by atoms with Gasteiger partial charge in [0.05, 0.1) is 11.5 Å². The number of benzene rings is 2. The Balaban J connectivity index is 1.27. The lowest BCUT2D eigenvalue weighted by Gasteiger charge is -2.48. The van der Waals surface area contributed by atoms with Gasteiger partial charge in [0.25, 0.3) is 0 Å². The van der Waals surface area contributed by atoms with Gasteiger partial charge in [-0.1, -0.05) is 36.4 Å².